The molecule has 0 spiro atoms. The zero-order chi connectivity index (χ0) is 13.1. The van der Waals surface area contributed by atoms with Gasteiger partial charge < -0.3 is 10.0 Å². The lowest BCUT2D eigenvalue weighted by molar-refractivity contribution is 0.288. The van der Waals surface area contributed by atoms with Gasteiger partial charge in [-0.05, 0) is 20.3 Å². The zero-order valence-corrected chi connectivity index (χ0v) is 11.0. The average molecular weight is 249 g/mol. The van der Waals surface area contributed by atoms with E-state index in [2.05, 4.69) is 33.8 Å². The third-order valence-electron chi connectivity index (χ3n) is 2.96. The molecule has 0 saturated carbocycles. The second kappa shape index (κ2) is 5.30. The summed E-state index contributed by atoms with van der Waals surface area (Å²) in [5, 5.41) is 14.2. The number of aliphatic hydroxyl groups excluding tert-OH is 1. The molecule has 0 aliphatic carbocycles. The van der Waals surface area contributed by atoms with Gasteiger partial charge in [0.25, 0.3) is 0 Å². The lowest BCUT2D eigenvalue weighted by Crippen LogP contribution is -2.33. The van der Waals surface area contributed by atoms with Crippen molar-refractivity contribution < 1.29 is 5.11 Å². The minimum absolute atomic E-state index is 0.185. The van der Waals surface area contributed by atoms with Crippen LogP contribution in [0.5, 0.6) is 0 Å². The molecular formula is C12H19N5O. The van der Waals surface area contributed by atoms with Crippen molar-refractivity contribution in [1.82, 2.24) is 19.7 Å². The minimum atomic E-state index is 0.185. The highest BCUT2D eigenvalue weighted by Crippen LogP contribution is 2.23. The van der Waals surface area contributed by atoms with Crippen molar-refractivity contribution in [2.45, 2.75) is 26.3 Å². The molecule has 18 heavy (non-hydrogen) atoms. The van der Waals surface area contributed by atoms with Crippen molar-refractivity contribution in [2.24, 2.45) is 7.05 Å². The van der Waals surface area contributed by atoms with Gasteiger partial charge in [0.15, 0.2) is 5.65 Å². The Morgan fingerprint density at radius 2 is 2.17 bits per heavy atom. The fourth-order valence-electron chi connectivity index (χ4n) is 2.03. The Morgan fingerprint density at radius 1 is 1.39 bits per heavy atom. The van der Waals surface area contributed by atoms with E-state index in [1.807, 2.05) is 7.05 Å². The second-order valence-electron chi connectivity index (χ2n) is 4.57. The summed E-state index contributed by atoms with van der Waals surface area (Å²) in [6.45, 7) is 5.18. The van der Waals surface area contributed by atoms with Crippen LogP contribution in [0.3, 0.4) is 0 Å². The quantitative estimate of drug-likeness (QED) is 0.855. The predicted molar refractivity (Wildman–Crippen MR) is 70.5 cm³/mol. The van der Waals surface area contributed by atoms with Gasteiger partial charge in [-0.15, -0.1) is 0 Å². The van der Waals surface area contributed by atoms with Gasteiger partial charge in [-0.1, -0.05) is 0 Å². The van der Waals surface area contributed by atoms with Crippen molar-refractivity contribution in [3.05, 3.63) is 12.5 Å². The van der Waals surface area contributed by atoms with E-state index in [4.69, 9.17) is 5.11 Å². The molecule has 0 atom stereocenters. The van der Waals surface area contributed by atoms with Crippen molar-refractivity contribution in [2.75, 3.05) is 18.1 Å². The third-order valence-corrected chi connectivity index (χ3v) is 2.96. The molecule has 98 valence electrons. The third kappa shape index (κ3) is 2.28. The molecular weight excluding hydrogens is 230 g/mol. The van der Waals surface area contributed by atoms with Gasteiger partial charge >= 0.3 is 0 Å². The molecule has 2 aromatic heterocycles. The number of aliphatic hydroxyl groups is 1. The van der Waals surface area contributed by atoms with Gasteiger partial charge in [0.05, 0.1) is 11.6 Å². The van der Waals surface area contributed by atoms with Crippen molar-refractivity contribution in [3.63, 3.8) is 0 Å². The summed E-state index contributed by atoms with van der Waals surface area (Å²) in [4.78, 5) is 10.8. The molecule has 0 aliphatic rings. The molecule has 0 bridgehead atoms. The summed E-state index contributed by atoms with van der Waals surface area (Å²) in [7, 11) is 1.87. The fraction of sp³-hybridized carbons (Fsp3) is 0.583. The van der Waals surface area contributed by atoms with Crippen LogP contribution in [0.25, 0.3) is 11.0 Å². The summed E-state index contributed by atoms with van der Waals surface area (Å²) in [6, 6.07) is 0.315. The Hall–Kier alpha value is -1.69. The van der Waals surface area contributed by atoms with Crippen molar-refractivity contribution in [3.8, 4) is 0 Å². The maximum absolute atomic E-state index is 8.99. The van der Waals surface area contributed by atoms with E-state index in [1.165, 1.54) is 0 Å². The Morgan fingerprint density at radius 3 is 2.83 bits per heavy atom. The molecule has 0 aliphatic heterocycles. The molecule has 0 unspecified atom stereocenters. The number of rotatable bonds is 5. The highest BCUT2D eigenvalue weighted by Gasteiger charge is 2.16. The molecule has 2 aromatic rings. The van der Waals surface area contributed by atoms with Crippen LogP contribution in [-0.2, 0) is 7.05 Å². The summed E-state index contributed by atoms with van der Waals surface area (Å²) in [5.74, 6) is 0.886. The molecule has 0 aromatic carbocycles. The Kier molecular flexibility index (Phi) is 3.76. The summed E-state index contributed by atoms with van der Waals surface area (Å²) >= 11 is 0. The van der Waals surface area contributed by atoms with Gasteiger partial charge in [0.2, 0.25) is 0 Å². The van der Waals surface area contributed by atoms with Crippen LogP contribution in [0.15, 0.2) is 12.5 Å². The molecule has 0 amide bonds. The molecule has 2 rings (SSSR count). The predicted octanol–water partition coefficient (Wildman–Crippen LogP) is 0.961. The number of aromatic nitrogens is 4. The molecule has 2 heterocycles. The van der Waals surface area contributed by atoms with E-state index in [1.54, 1.807) is 17.2 Å². The van der Waals surface area contributed by atoms with Crippen molar-refractivity contribution >= 4 is 16.9 Å². The van der Waals surface area contributed by atoms with Gasteiger partial charge in [-0.2, -0.15) is 5.10 Å². The maximum atomic E-state index is 8.99. The van der Waals surface area contributed by atoms with Gasteiger partial charge in [-0.25, -0.2) is 9.97 Å². The average Bonchev–Trinajstić information content (AvgIpc) is 2.72. The largest absolute Gasteiger partial charge is 0.396 e. The maximum Gasteiger partial charge on any atom is 0.163 e. The monoisotopic (exact) mass is 249 g/mol. The van der Waals surface area contributed by atoms with E-state index in [0.717, 1.165) is 29.8 Å². The summed E-state index contributed by atoms with van der Waals surface area (Å²) < 4.78 is 1.74. The molecule has 6 nitrogen and oxygen atoms in total. The van der Waals surface area contributed by atoms with Crippen LogP contribution in [-0.4, -0.2) is 44.0 Å². The Bertz CT molecular complexity index is 522. The first-order valence-electron chi connectivity index (χ1n) is 6.15. The number of fused-ring (bicyclic) bond motifs is 1. The fourth-order valence-corrected chi connectivity index (χ4v) is 2.03. The molecule has 0 fully saturated rings. The first kappa shape index (κ1) is 12.8. The summed E-state index contributed by atoms with van der Waals surface area (Å²) in [5.41, 5.74) is 0.828. The van der Waals surface area contributed by atoms with Gasteiger partial charge in [-0.3, -0.25) is 4.68 Å². The first-order valence-corrected chi connectivity index (χ1v) is 6.15. The SMILES string of the molecule is CC(C)N(CCCO)c1ncnc2c1cnn2C. The normalized spacial score (nSPS) is 11.4. The standard InChI is InChI=1S/C12H19N5O/c1-9(2)17(5-4-6-18)12-10-7-15-16(3)11(10)13-8-14-12/h7-9,18H,4-6H2,1-3H3. The molecule has 6 heteroatoms. The number of hydrogen-bond acceptors (Lipinski definition) is 5. The first-order chi connectivity index (χ1) is 8.65. The van der Waals surface area contributed by atoms with Crippen molar-refractivity contribution in [1.29, 1.82) is 0 Å². The van der Waals surface area contributed by atoms with Crippen LogP contribution >= 0.6 is 0 Å². The van der Waals surface area contributed by atoms with Crippen LogP contribution < -0.4 is 4.90 Å². The van der Waals surface area contributed by atoms with Gasteiger partial charge in [0.1, 0.15) is 12.1 Å². The number of nitrogens with zero attached hydrogens (tertiary/aromatic N) is 5. The van der Waals surface area contributed by atoms with E-state index in [0.29, 0.717) is 6.04 Å². The lowest BCUT2D eigenvalue weighted by atomic mass is 10.2. The smallest absolute Gasteiger partial charge is 0.163 e. The number of hydrogen-bond donors (Lipinski definition) is 1. The highest BCUT2D eigenvalue weighted by molar-refractivity contribution is 5.86. The van der Waals surface area contributed by atoms with Crippen LogP contribution in [0, 0.1) is 0 Å². The number of aryl methyl sites for hydroxylation is 1. The van der Waals surface area contributed by atoms with Crippen LogP contribution in [0.2, 0.25) is 0 Å². The molecule has 0 saturated heterocycles. The van der Waals surface area contributed by atoms with Crippen LogP contribution in [0.1, 0.15) is 20.3 Å². The van der Waals surface area contributed by atoms with E-state index in [-0.39, 0.29) is 6.61 Å². The van der Waals surface area contributed by atoms with Crippen LogP contribution in [0.4, 0.5) is 5.82 Å². The minimum Gasteiger partial charge on any atom is -0.396 e. The lowest BCUT2D eigenvalue weighted by Gasteiger charge is -2.27. The van der Waals surface area contributed by atoms with E-state index >= 15 is 0 Å². The topological polar surface area (TPSA) is 67.1 Å². The Labute approximate surface area is 106 Å². The van der Waals surface area contributed by atoms with E-state index in [9.17, 15) is 0 Å². The highest BCUT2D eigenvalue weighted by atomic mass is 16.3. The summed E-state index contributed by atoms with van der Waals surface area (Å²) in [6.07, 6.45) is 4.08. The molecule has 1 N–H and O–H groups in total. The zero-order valence-electron chi connectivity index (χ0n) is 11.0. The second-order valence-corrected chi connectivity index (χ2v) is 4.57. The van der Waals surface area contributed by atoms with Gasteiger partial charge in [0, 0.05) is 26.2 Å². The molecule has 0 radical (unpaired) electrons. The Balaban J connectivity index is 2.43. The number of anilines is 1. The van der Waals surface area contributed by atoms with E-state index < -0.39 is 0 Å².